The third-order valence-electron chi connectivity index (χ3n) is 4.03. The molecule has 0 aromatic rings. The molecule has 1 atom stereocenters. The third-order valence-corrected chi connectivity index (χ3v) is 4.03. The molecule has 0 radical (unpaired) electrons. The predicted molar refractivity (Wildman–Crippen MR) is 76.5 cm³/mol. The zero-order valence-corrected chi connectivity index (χ0v) is 12.9. The first kappa shape index (κ1) is 17.4. The third kappa shape index (κ3) is 4.15. The summed E-state index contributed by atoms with van der Waals surface area (Å²) in [7, 11) is 3.28. The van der Waals surface area contributed by atoms with Gasteiger partial charge >= 0.3 is 0 Å². The van der Waals surface area contributed by atoms with E-state index in [1.165, 1.54) is 0 Å². The number of rotatable bonds is 8. The Morgan fingerprint density at radius 2 is 2.00 bits per heavy atom. The highest BCUT2D eigenvalue weighted by Gasteiger charge is 2.42. The Labute approximate surface area is 121 Å². The van der Waals surface area contributed by atoms with E-state index < -0.39 is 5.41 Å². The number of methoxy groups -OCH3 is 2. The van der Waals surface area contributed by atoms with Gasteiger partial charge in [-0.2, -0.15) is 0 Å². The van der Waals surface area contributed by atoms with Gasteiger partial charge in [-0.25, -0.2) is 0 Å². The maximum Gasteiger partial charge on any atom is 0.230 e. The molecule has 0 saturated carbocycles. The molecule has 1 fully saturated rings. The Morgan fingerprint density at radius 1 is 1.35 bits per heavy atom. The zero-order valence-electron chi connectivity index (χ0n) is 12.9. The SMILES string of the molecule is COCCN(C(=O)C1(CN)CCOCC1)C(C)COC. The molecule has 1 saturated heterocycles. The van der Waals surface area contributed by atoms with Crippen molar-refractivity contribution in [2.24, 2.45) is 11.1 Å². The molecule has 1 aliphatic rings. The average molecular weight is 288 g/mol. The largest absolute Gasteiger partial charge is 0.383 e. The van der Waals surface area contributed by atoms with Crippen molar-refractivity contribution in [3.63, 3.8) is 0 Å². The van der Waals surface area contributed by atoms with Gasteiger partial charge in [-0.1, -0.05) is 0 Å². The van der Waals surface area contributed by atoms with Gasteiger partial charge in [-0.05, 0) is 19.8 Å². The number of carbonyl (C=O) groups is 1. The molecule has 2 N–H and O–H groups in total. The van der Waals surface area contributed by atoms with Crippen molar-refractivity contribution >= 4 is 5.91 Å². The Morgan fingerprint density at radius 3 is 2.50 bits per heavy atom. The lowest BCUT2D eigenvalue weighted by atomic mass is 9.78. The molecule has 1 rings (SSSR count). The molecular formula is C14H28N2O4. The predicted octanol–water partition coefficient (Wildman–Crippen LogP) is 0.252. The van der Waals surface area contributed by atoms with E-state index in [2.05, 4.69) is 0 Å². The van der Waals surface area contributed by atoms with Gasteiger partial charge < -0.3 is 24.8 Å². The summed E-state index contributed by atoms with van der Waals surface area (Å²) in [6.07, 6.45) is 1.37. The van der Waals surface area contributed by atoms with Crippen LogP contribution < -0.4 is 5.73 Å². The van der Waals surface area contributed by atoms with E-state index in [-0.39, 0.29) is 11.9 Å². The van der Waals surface area contributed by atoms with Gasteiger partial charge in [-0.3, -0.25) is 4.79 Å². The van der Waals surface area contributed by atoms with E-state index in [0.29, 0.717) is 52.4 Å². The fraction of sp³-hybridized carbons (Fsp3) is 0.929. The van der Waals surface area contributed by atoms with Crippen LogP contribution in [0, 0.1) is 5.41 Å². The molecule has 0 aliphatic carbocycles. The standard InChI is InChI=1S/C14H28N2O4/c1-12(10-19-3)16(6-9-18-2)13(17)14(11-15)4-7-20-8-5-14/h12H,4-11,15H2,1-3H3. The maximum atomic E-state index is 13.0. The quantitative estimate of drug-likeness (QED) is 0.693. The van der Waals surface area contributed by atoms with Gasteiger partial charge in [0.2, 0.25) is 5.91 Å². The van der Waals surface area contributed by atoms with Crippen molar-refractivity contribution in [1.29, 1.82) is 0 Å². The van der Waals surface area contributed by atoms with Crippen LogP contribution in [0.15, 0.2) is 0 Å². The Balaban J connectivity index is 2.83. The fourth-order valence-electron chi connectivity index (χ4n) is 2.61. The smallest absolute Gasteiger partial charge is 0.230 e. The van der Waals surface area contributed by atoms with Crippen molar-refractivity contribution in [2.75, 3.05) is 53.7 Å². The lowest BCUT2D eigenvalue weighted by Gasteiger charge is -2.41. The molecule has 6 heteroatoms. The molecular weight excluding hydrogens is 260 g/mol. The van der Waals surface area contributed by atoms with E-state index in [4.69, 9.17) is 19.9 Å². The van der Waals surface area contributed by atoms with Crippen LogP contribution >= 0.6 is 0 Å². The molecule has 0 bridgehead atoms. The van der Waals surface area contributed by atoms with Crippen LogP contribution in [0.1, 0.15) is 19.8 Å². The number of ether oxygens (including phenoxy) is 3. The summed E-state index contributed by atoms with van der Waals surface area (Å²) < 4.78 is 15.7. The van der Waals surface area contributed by atoms with Crippen LogP contribution in [0.25, 0.3) is 0 Å². The van der Waals surface area contributed by atoms with Gasteiger partial charge in [0.25, 0.3) is 0 Å². The Kier molecular flexibility index (Phi) is 7.43. The van der Waals surface area contributed by atoms with Crippen molar-refractivity contribution < 1.29 is 19.0 Å². The van der Waals surface area contributed by atoms with Crippen molar-refractivity contribution in [3.8, 4) is 0 Å². The van der Waals surface area contributed by atoms with Crippen molar-refractivity contribution in [3.05, 3.63) is 0 Å². The molecule has 118 valence electrons. The molecule has 1 aliphatic heterocycles. The van der Waals surface area contributed by atoms with Gasteiger partial charge in [0.05, 0.1) is 24.7 Å². The first-order valence-corrected chi connectivity index (χ1v) is 7.18. The van der Waals surface area contributed by atoms with Crippen LogP contribution in [0.5, 0.6) is 0 Å². The molecule has 0 aromatic heterocycles. The van der Waals surface area contributed by atoms with E-state index in [1.54, 1.807) is 14.2 Å². The van der Waals surface area contributed by atoms with E-state index in [0.717, 1.165) is 0 Å². The van der Waals surface area contributed by atoms with Gasteiger partial charge in [0.15, 0.2) is 0 Å². The van der Waals surface area contributed by atoms with Crippen LogP contribution in [0.2, 0.25) is 0 Å². The topological polar surface area (TPSA) is 74.0 Å². The molecule has 0 aromatic carbocycles. The summed E-state index contributed by atoms with van der Waals surface area (Å²) in [5.41, 5.74) is 5.42. The molecule has 0 spiro atoms. The molecule has 1 unspecified atom stereocenters. The lowest BCUT2D eigenvalue weighted by Crippen LogP contribution is -2.54. The minimum atomic E-state index is -0.492. The normalized spacial score (nSPS) is 19.6. The highest BCUT2D eigenvalue weighted by Crippen LogP contribution is 2.32. The second kappa shape index (κ2) is 8.56. The molecule has 6 nitrogen and oxygen atoms in total. The first-order valence-electron chi connectivity index (χ1n) is 7.18. The average Bonchev–Trinajstić information content (AvgIpc) is 2.48. The van der Waals surface area contributed by atoms with E-state index >= 15 is 0 Å². The maximum absolute atomic E-state index is 13.0. The summed E-state index contributed by atoms with van der Waals surface area (Å²) in [4.78, 5) is 14.8. The Hall–Kier alpha value is -0.690. The molecule has 1 heterocycles. The summed E-state index contributed by atoms with van der Waals surface area (Å²) in [5.74, 6) is 0.102. The summed E-state index contributed by atoms with van der Waals surface area (Å²) >= 11 is 0. The highest BCUT2D eigenvalue weighted by molar-refractivity contribution is 5.83. The molecule has 1 amide bonds. The van der Waals surface area contributed by atoms with Crippen LogP contribution in [-0.4, -0.2) is 70.6 Å². The lowest BCUT2D eigenvalue weighted by molar-refractivity contribution is -0.151. The number of carbonyl (C=O) groups excluding carboxylic acids is 1. The van der Waals surface area contributed by atoms with Crippen molar-refractivity contribution in [1.82, 2.24) is 4.90 Å². The van der Waals surface area contributed by atoms with Crippen molar-refractivity contribution in [2.45, 2.75) is 25.8 Å². The van der Waals surface area contributed by atoms with Crippen LogP contribution in [-0.2, 0) is 19.0 Å². The van der Waals surface area contributed by atoms with Gasteiger partial charge in [-0.15, -0.1) is 0 Å². The highest BCUT2D eigenvalue weighted by atomic mass is 16.5. The number of amides is 1. The first-order chi connectivity index (χ1) is 9.61. The summed E-state index contributed by atoms with van der Waals surface area (Å²) in [6.45, 7) is 5.12. The van der Waals surface area contributed by atoms with E-state index in [9.17, 15) is 4.79 Å². The summed E-state index contributed by atoms with van der Waals surface area (Å²) in [6, 6.07) is 0.00826. The minimum Gasteiger partial charge on any atom is -0.383 e. The Bertz CT molecular complexity index is 293. The van der Waals surface area contributed by atoms with Gasteiger partial charge in [0.1, 0.15) is 0 Å². The van der Waals surface area contributed by atoms with E-state index in [1.807, 2.05) is 11.8 Å². The minimum absolute atomic E-state index is 0.00826. The van der Waals surface area contributed by atoms with Crippen LogP contribution in [0.4, 0.5) is 0 Å². The number of nitrogens with zero attached hydrogens (tertiary/aromatic N) is 1. The van der Waals surface area contributed by atoms with Gasteiger partial charge in [0, 0.05) is 40.5 Å². The molecule has 20 heavy (non-hydrogen) atoms. The second-order valence-electron chi connectivity index (χ2n) is 5.39. The monoisotopic (exact) mass is 288 g/mol. The number of nitrogens with two attached hydrogens (primary N) is 1. The second-order valence-corrected chi connectivity index (χ2v) is 5.39. The zero-order chi connectivity index (χ0) is 15.0. The number of hydrogen-bond donors (Lipinski definition) is 1. The number of hydrogen-bond acceptors (Lipinski definition) is 5. The van der Waals surface area contributed by atoms with Crippen LogP contribution in [0.3, 0.4) is 0 Å². The fourth-order valence-corrected chi connectivity index (χ4v) is 2.61. The summed E-state index contributed by atoms with van der Waals surface area (Å²) in [5, 5.41) is 0.